The molecule has 1 aromatic carbocycles. The van der Waals surface area contributed by atoms with Crippen molar-refractivity contribution in [3.63, 3.8) is 0 Å². The zero-order valence-electron chi connectivity index (χ0n) is 11.2. The third-order valence-electron chi connectivity index (χ3n) is 4.50. The first-order valence-electron chi connectivity index (χ1n) is 7.14. The maximum absolute atomic E-state index is 13.3. The van der Waals surface area contributed by atoms with E-state index in [0.29, 0.717) is 11.5 Å². The van der Waals surface area contributed by atoms with Crippen LogP contribution in [-0.2, 0) is 0 Å². The first-order valence-corrected chi connectivity index (χ1v) is 7.14. The van der Waals surface area contributed by atoms with Gasteiger partial charge in [-0.25, -0.2) is 0 Å². The van der Waals surface area contributed by atoms with Gasteiger partial charge >= 0.3 is 6.18 Å². The molecule has 3 fully saturated rings. The molecular weight excluding hydrogens is 265 g/mol. The highest BCUT2D eigenvalue weighted by molar-refractivity contribution is 5.21. The number of piperidine rings is 3. The molecule has 5 heteroatoms. The maximum Gasteiger partial charge on any atom is 0.407 e. The highest BCUT2D eigenvalue weighted by Gasteiger charge is 2.44. The second kappa shape index (κ2) is 5.37. The number of hydrogen-bond donors (Lipinski definition) is 1. The van der Waals surface area contributed by atoms with Crippen molar-refractivity contribution in [2.45, 2.75) is 31.1 Å². The molecule has 0 spiro atoms. The van der Waals surface area contributed by atoms with Crippen LogP contribution in [-0.4, -0.2) is 36.8 Å². The van der Waals surface area contributed by atoms with E-state index in [2.05, 4.69) is 10.2 Å². The molecule has 2 bridgehead atoms. The number of halogens is 3. The van der Waals surface area contributed by atoms with E-state index in [1.807, 2.05) is 0 Å². The summed E-state index contributed by atoms with van der Waals surface area (Å²) in [6, 6.07) is 6.54. The van der Waals surface area contributed by atoms with E-state index >= 15 is 0 Å². The molecule has 4 rings (SSSR count). The highest BCUT2D eigenvalue weighted by Crippen LogP contribution is 2.36. The van der Waals surface area contributed by atoms with Crippen molar-refractivity contribution < 1.29 is 13.2 Å². The third-order valence-corrected chi connectivity index (χ3v) is 4.50. The van der Waals surface area contributed by atoms with Crippen molar-refractivity contribution in [3.8, 4) is 0 Å². The molecule has 2 nitrogen and oxygen atoms in total. The SMILES string of the molecule is FC(F)(F)C(NC1CN2CCC1CC2)c1ccccc1. The lowest BCUT2D eigenvalue weighted by atomic mass is 9.83. The van der Waals surface area contributed by atoms with Gasteiger partial charge in [-0.3, -0.25) is 5.32 Å². The first kappa shape index (κ1) is 13.9. The summed E-state index contributed by atoms with van der Waals surface area (Å²) in [6.07, 6.45) is -2.23. The Balaban J connectivity index is 1.77. The summed E-state index contributed by atoms with van der Waals surface area (Å²) in [6.45, 7) is 2.81. The Bertz CT molecular complexity index is 438. The molecule has 0 aromatic heterocycles. The number of hydrogen-bond acceptors (Lipinski definition) is 2. The van der Waals surface area contributed by atoms with Crippen LogP contribution in [0.1, 0.15) is 24.4 Å². The van der Waals surface area contributed by atoms with Gasteiger partial charge in [0.2, 0.25) is 0 Å². The second-order valence-electron chi connectivity index (χ2n) is 5.80. The Morgan fingerprint density at radius 2 is 1.75 bits per heavy atom. The molecule has 0 radical (unpaired) electrons. The fourth-order valence-corrected chi connectivity index (χ4v) is 3.39. The molecule has 20 heavy (non-hydrogen) atoms. The maximum atomic E-state index is 13.3. The van der Waals surface area contributed by atoms with Crippen LogP contribution in [0.5, 0.6) is 0 Å². The van der Waals surface area contributed by atoms with Gasteiger partial charge < -0.3 is 4.90 Å². The van der Waals surface area contributed by atoms with Gasteiger partial charge in [0.15, 0.2) is 0 Å². The van der Waals surface area contributed by atoms with Gasteiger partial charge in [0, 0.05) is 12.6 Å². The molecule has 0 saturated carbocycles. The fraction of sp³-hybridized carbons (Fsp3) is 0.600. The molecular formula is C15H19F3N2. The van der Waals surface area contributed by atoms with Crippen LogP contribution in [0.3, 0.4) is 0 Å². The summed E-state index contributed by atoms with van der Waals surface area (Å²) in [5.41, 5.74) is 0.302. The molecule has 2 unspecified atom stereocenters. The Labute approximate surface area is 117 Å². The van der Waals surface area contributed by atoms with Crippen molar-refractivity contribution >= 4 is 0 Å². The van der Waals surface area contributed by atoms with Gasteiger partial charge in [-0.15, -0.1) is 0 Å². The minimum absolute atomic E-state index is 0.0515. The van der Waals surface area contributed by atoms with Crippen LogP contribution in [0, 0.1) is 5.92 Å². The monoisotopic (exact) mass is 284 g/mol. The molecule has 1 aromatic rings. The van der Waals surface area contributed by atoms with Gasteiger partial charge in [0.05, 0.1) is 0 Å². The van der Waals surface area contributed by atoms with E-state index in [4.69, 9.17) is 0 Å². The molecule has 110 valence electrons. The molecule has 3 aliphatic heterocycles. The van der Waals surface area contributed by atoms with Crippen LogP contribution in [0.4, 0.5) is 13.2 Å². The second-order valence-corrected chi connectivity index (χ2v) is 5.80. The standard InChI is InChI=1S/C15H19F3N2/c16-15(17,18)14(12-4-2-1-3-5-12)19-13-10-20-8-6-11(13)7-9-20/h1-5,11,13-14,19H,6-10H2. The summed E-state index contributed by atoms with van der Waals surface area (Å²) < 4.78 is 40.0. The number of benzene rings is 1. The Kier molecular flexibility index (Phi) is 3.73. The topological polar surface area (TPSA) is 15.3 Å². The zero-order chi connectivity index (χ0) is 14.2. The van der Waals surface area contributed by atoms with Crippen LogP contribution in [0.15, 0.2) is 30.3 Å². The summed E-state index contributed by atoms with van der Waals surface area (Å²) in [7, 11) is 0. The van der Waals surface area contributed by atoms with Crippen molar-refractivity contribution in [1.29, 1.82) is 0 Å². The minimum Gasteiger partial charge on any atom is -0.302 e. The summed E-state index contributed by atoms with van der Waals surface area (Å²) in [4.78, 5) is 2.26. The average molecular weight is 284 g/mol. The predicted molar refractivity (Wildman–Crippen MR) is 71.3 cm³/mol. The lowest BCUT2D eigenvalue weighted by Gasteiger charge is -2.46. The number of alkyl halides is 3. The molecule has 2 atom stereocenters. The van der Waals surface area contributed by atoms with Gasteiger partial charge in [-0.05, 0) is 37.4 Å². The Hall–Kier alpha value is -1.07. The van der Waals surface area contributed by atoms with Crippen molar-refractivity contribution in [1.82, 2.24) is 10.2 Å². The van der Waals surface area contributed by atoms with E-state index < -0.39 is 12.2 Å². The smallest absolute Gasteiger partial charge is 0.302 e. The predicted octanol–water partition coefficient (Wildman–Crippen LogP) is 2.97. The van der Waals surface area contributed by atoms with E-state index in [0.717, 1.165) is 32.5 Å². The van der Waals surface area contributed by atoms with Crippen LogP contribution in [0.2, 0.25) is 0 Å². The van der Waals surface area contributed by atoms with Crippen LogP contribution in [0.25, 0.3) is 0 Å². The van der Waals surface area contributed by atoms with E-state index in [1.54, 1.807) is 30.3 Å². The van der Waals surface area contributed by atoms with Crippen LogP contribution >= 0.6 is 0 Å². The van der Waals surface area contributed by atoms with Crippen molar-refractivity contribution in [2.75, 3.05) is 19.6 Å². The molecule has 3 heterocycles. The van der Waals surface area contributed by atoms with Gasteiger partial charge in [0.1, 0.15) is 6.04 Å². The minimum atomic E-state index is -4.26. The Morgan fingerprint density at radius 3 is 2.25 bits per heavy atom. The van der Waals surface area contributed by atoms with Crippen molar-refractivity contribution in [2.24, 2.45) is 5.92 Å². The summed E-state index contributed by atoms with van der Waals surface area (Å²) >= 11 is 0. The molecule has 0 amide bonds. The van der Waals surface area contributed by atoms with E-state index in [-0.39, 0.29) is 6.04 Å². The number of rotatable bonds is 3. The quantitative estimate of drug-likeness (QED) is 0.918. The fourth-order valence-electron chi connectivity index (χ4n) is 3.39. The van der Waals surface area contributed by atoms with E-state index in [9.17, 15) is 13.2 Å². The molecule has 3 aliphatic rings. The highest BCUT2D eigenvalue weighted by atomic mass is 19.4. The molecule has 3 saturated heterocycles. The molecule has 0 aliphatic carbocycles. The van der Waals surface area contributed by atoms with Crippen molar-refractivity contribution in [3.05, 3.63) is 35.9 Å². The normalized spacial score (nSPS) is 31.2. The van der Waals surface area contributed by atoms with Gasteiger partial charge in [0.25, 0.3) is 0 Å². The summed E-state index contributed by atoms with van der Waals surface area (Å²) in [5, 5.41) is 2.88. The van der Waals surface area contributed by atoms with Crippen LogP contribution < -0.4 is 5.32 Å². The largest absolute Gasteiger partial charge is 0.407 e. The lowest BCUT2D eigenvalue weighted by molar-refractivity contribution is -0.162. The zero-order valence-corrected chi connectivity index (χ0v) is 11.2. The first-order chi connectivity index (χ1) is 9.54. The lowest BCUT2D eigenvalue weighted by Crippen LogP contribution is -2.58. The van der Waals surface area contributed by atoms with Gasteiger partial charge in [-0.2, -0.15) is 13.2 Å². The third kappa shape index (κ3) is 2.83. The number of nitrogens with zero attached hydrogens (tertiary/aromatic N) is 1. The molecule has 1 N–H and O–H groups in total. The number of nitrogens with one attached hydrogen (secondary N) is 1. The average Bonchev–Trinajstić information content (AvgIpc) is 2.46. The Morgan fingerprint density at radius 1 is 1.10 bits per heavy atom. The number of fused-ring (bicyclic) bond motifs is 3. The van der Waals surface area contributed by atoms with Gasteiger partial charge in [-0.1, -0.05) is 30.3 Å². The van der Waals surface area contributed by atoms with E-state index in [1.165, 1.54) is 0 Å². The summed E-state index contributed by atoms with van der Waals surface area (Å²) in [5.74, 6) is 0.383.